The molecule has 2 fully saturated rings. The number of hydrogen-bond donors (Lipinski definition) is 1. The monoisotopic (exact) mass is 371 g/mol. The van der Waals surface area contributed by atoms with E-state index in [4.69, 9.17) is 0 Å². The van der Waals surface area contributed by atoms with Gasteiger partial charge in [-0.1, -0.05) is 12.1 Å². The van der Waals surface area contributed by atoms with Crippen molar-refractivity contribution in [2.24, 2.45) is 0 Å². The van der Waals surface area contributed by atoms with Gasteiger partial charge in [-0.3, -0.25) is 14.9 Å². The summed E-state index contributed by atoms with van der Waals surface area (Å²) in [5.41, 5.74) is 0.108. The Kier molecular flexibility index (Phi) is 5.74. The highest BCUT2D eigenvalue weighted by Gasteiger charge is 2.31. The Morgan fingerprint density at radius 1 is 1.16 bits per heavy atom. The summed E-state index contributed by atoms with van der Waals surface area (Å²) in [6, 6.07) is 5.80. The number of carbonyl (C=O) groups excluding carboxylic acids is 2. The van der Waals surface area contributed by atoms with Crippen molar-refractivity contribution in [1.29, 1.82) is 0 Å². The van der Waals surface area contributed by atoms with Gasteiger partial charge in [0, 0.05) is 37.8 Å². The van der Waals surface area contributed by atoms with Gasteiger partial charge in [-0.25, -0.2) is 0 Å². The van der Waals surface area contributed by atoms with E-state index in [0.29, 0.717) is 26.2 Å². The molecule has 0 aromatic heterocycles. The van der Waals surface area contributed by atoms with Crippen LogP contribution < -0.4 is 10.1 Å². The van der Waals surface area contributed by atoms with Crippen LogP contribution in [-0.2, 0) is 4.79 Å². The first-order valence-corrected chi connectivity index (χ1v) is 9.15. The van der Waals surface area contributed by atoms with Gasteiger partial charge >= 0.3 is 6.61 Å². The molecule has 136 valence electrons. The molecule has 1 atom stereocenters. The fourth-order valence-corrected chi connectivity index (χ4v) is 3.85. The lowest BCUT2D eigenvalue weighted by molar-refractivity contribution is -0.134. The van der Waals surface area contributed by atoms with Gasteiger partial charge in [0.05, 0.1) is 11.6 Å². The summed E-state index contributed by atoms with van der Waals surface area (Å²) in [5.74, 6) is 1.09. The summed E-state index contributed by atoms with van der Waals surface area (Å²) in [5, 5.41) is 3.14. The summed E-state index contributed by atoms with van der Waals surface area (Å²) in [4.78, 5) is 28.3. The van der Waals surface area contributed by atoms with E-state index in [-0.39, 0.29) is 29.2 Å². The van der Waals surface area contributed by atoms with Crippen LogP contribution in [0.3, 0.4) is 0 Å². The van der Waals surface area contributed by atoms with Crippen LogP contribution in [0.1, 0.15) is 10.4 Å². The van der Waals surface area contributed by atoms with E-state index >= 15 is 0 Å². The van der Waals surface area contributed by atoms with E-state index in [2.05, 4.69) is 10.1 Å². The highest BCUT2D eigenvalue weighted by molar-refractivity contribution is 7.99. The standard InChI is InChI=1S/C16H19F2N3O3S/c17-16(18)24-13-4-2-1-3-11(13)14(22)20-5-7-21(8-6-20)15(23)12-9-25-10-19-12/h1-4,12,16,19H,5-10H2. The second-order valence-electron chi connectivity index (χ2n) is 5.76. The number of ether oxygens (including phenoxy) is 1. The zero-order chi connectivity index (χ0) is 17.8. The first-order valence-electron chi connectivity index (χ1n) is 7.99. The van der Waals surface area contributed by atoms with Crippen LogP contribution in [0.5, 0.6) is 5.75 Å². The summed E-state index contributed by atoms with van der Waals surface area (Å²) in [7, 11) is 0. The zero-order valence-electron chi connectivity index (χ0n) is 13.5. The summed E-state index contributed by atoms with van der Waals surface area (Å²) in [6.45, 7) is -1.38. The first kappa shape index (κ1) is 17.9. The summed E-state index contributed by atoms with van der Waals surface area (Å²) < 4.78 is 29.4. The SMILES string of the molecule is O=C(c1ccccc1OC(F)F)N1CCN(C(=O)C2CSCN2)CC1. The molecule has 2 saturated heterocycles. The second-order valence-corrected chi connectivity index (χ2v) is 6.79. The van der Waals surface area contributed by atoms with E-state index in [1.807, 2.05) is 0 Å². The van der Waals surface area contributed by atoms with E-state index in [1.54, 1.807) is 27.6 Å². The molecule has 1 aromatic carbocycles. The normalized spacial score (nSPS) is 20.8. The molecule has 9 heteroatoms. The van der Waals surface area contributed by atoms with E-state index in [1.165, 1.54) is 18.2 Å². The molecule has 2 aliphatic heterocycles. The predicted octanol–water partition coefficient (Wildman–Crippen LogP) is 1.23. The molecule has 3 rings (SSSR count). The molecule has 25 heavy (non-hydrogen) atoms. The minimum atomic E-state index is -2.99. The topological polar surface area (TPSA) is 61.9 Å². The van der Waals surface area contributed by atoms with Crippen LogP contribution in [0, 0.1) is 0 Å². The molecule has 0 spiro atoms. The van der Waals surface area contributed by atoms with E-state index < -0.39 is 6.61 Å². The highest BCUT2D eigenvalue weighted by Crippen LogP contribution is 2.23. The number of rotatable bonds is 4. The Balaban J connectivity index is 1.61. The number of para-hydroxylation sites is 1. The molecule has 2 aliphatic rings. The Bertz CT molecular complexity index is 633. The summed E-state index contributed by atoms with van der Waals surface area (Å²) >= 11 is 1.69. The van der Waals surface area contributed by atoms with Crippen LogP contribution in [0.15, 0.2) is 24.3 Å². The average molecular weight is 371 g/mol. The average Bonchev–Trinajstić information content (AvgIpc) is 3.15. The molecular formula is C16H19F2N3O3S. The van der Waals surface area contributed by atoms with Crippen LogP contribution in [0.2, 0.25) is 0 Å². The Morgan fingerprint density at radius 3 is 2.48 bits per heavy atom. The van der Waals surface area contributed by atoms with Crippen LogP contribution in [-0.4, -0.2) is 72.1 Å². The van der Waals surface area contributed by atoms with Crippen molar-refractivity contribution in [1.82, 2.24) is 15.1 Å². The highest BCUT2D eigenvalue weighted by atomic mass is 32.2. The quantitative estimate of drug-likeness (QED) is 0.863. The zero-order valence-corrected chi connectivity index (χ0v) is 14.3. The molecule has 0 saturated carbocycles. The van der Waals surface area contributed by atoms with Gasteiger partial charge in [0.25, 0.3) is 5.91 Å². The van der Waals surface area contributed by atoms with Crippen molar-refractivity contribution in [3.8, 4) is 5.75 Å². The fourth-order valence-electron chi connectivity index (χ4n) is 2.92. The third-order valence-electron chi connectivity index (χ3n) is 4.23. The number of nitrogens with one attached hydrogen (secondary N) is 1. The number of halogens is 2. The first-order chi connectivity index (χ1) is 12.1. The molecule has 0 aliphatic carbocycles. The molecule has 1 aromatic rings. The minimum absolute atomic E-state index is 0.0542. The fraction of sp³-hybridized carbons (Fsp3) is 0.500. The Labute approximate surface area is 148 Å². The van der Waals surface area contributed by atoms with E-state index in [9.17, 15) is 18.4 Å². The lowest BCUT2D eigenvalue weighted by atomic mass is 10.1. The van der Waals surface area contributed by atoms with Crippen LogP contribution in [0.25, 0.3) is 0 Å². The van der Waals surface area contributed by atoms with Crippen molar-refractivity contribution in [3.05, 3.63) is 29.8 Å². The largest absolute Gasteiger partial charge is 0.434 e. The van der Waals surface area contributed by atoms with Crippen molar-refractivity contribution in [2.75, 3.05) is 37.8 Å². The van der Waals surface area contributed by atoms with Gasteiger partial charge in [-0.15, -0.1) is 11.8 Å². The van der Waals surface area contributed by atoms with Crippen molar-refractivity contribution in [2.45, 2.75) is 12.7 Å². The molecule has 2 amide bonds. The van der Waals surface area contributed by atoms with Gasteiger partial charge in [0.15, 0.2) is 0 Å². The van der Waals surface area contributed by atoms with Crippen LogP contribution in [0.4, 0.5) is 8.78 Å². The molecule has 1 unspecified atom stereocenters. The molecule has 0 radical (unpaired) electrons. The third-order valence-corrected chi connectivity index (χ3v) is 5.17. The van der Waals surface area contributed by atoms with Gasteiger partial charge in [0.1, 0.15) is 5.75 Å². The second kappa shape index (κ2) is 8.01. The third kappa shape index (κ3) is 4.21. The number of alkyl halides is 2. The maximum atomic E-state index is 12.6. The number of benzene rings is 1. The smallest absolute Gasteiger partial charge is 0.387 e. The number of nitrogens with zero attached hydrogens (tertiary/aromatic N) is 2. The van der Waals surface area contributed by atoms with E-state index in [0.717, 1.165) is 11.6 Å². The number of amides is 2. The van der Waals surface area contributed by atoms with Gasteiger partial charge in [-0.05, 0) is 12.1 Å². The van der Waals surface area contributed by atoms with Crippen LogP contribution >= 0.6 is 11.8 Å². The maximum Gasteiger partial charge on any atom is 0.387 e. The lowest BCUT2D eigenvalue weighted by Gasteiger charge is -2.36. The molecular weight excluding hydrogens is 352 g/mol. The summed E-state index contributed by atoms with van der Waals surface area (Å²) in [6.07, 6.45) is 0. The Morgan fingerprint density at radius 2 is 1.84 bits per heavy atom. The predicted molar refractivity (Wildman–Crippen MR) is 89.8 cm³/mol. The Hall–Kier alpha value is -1.87. The molecule has 6 nitrogen and oxygen atoms in total. The lowest BCUT2D eigenvalue weighted by Crippen LogP contribution is -2.54. The van der Waals surface area contributed by atoms with Gasteiger partial charge in [-0.2, -0.15) is 8.78 Å². The number of hydrogen-bond acceptors (Lipinski definition) is 5. The molecule has 1 N–H and O–H groups in total. The van der Waals surface area contributed by atoms with Gasteiger partial charge < -0.3 is 14.5 Å². The number of thioether (sulfide) groups is 1. The maximum absolute atomic E-state index is 12.6. The molecule has 0 bridgehead atoms. The number of piperazine rings is 1. The van der Waals surface area contributed by atoms with Crippen molar-refractivity contribution < 1.29 is 23.1 Å². The molecule has 2 heterocycles. The van der Waals surface area contributed by atoms with Crippen molar-refractivity contribution in [3.63, 3.8) is 0 Å². The minimum Gasteiger partial charge on any atom is -0.434 e. The number of carbonyl (C=O) groups is 2. The van der Waals surface area contributed by atoms with Crippen molar-refractivity contribution >= 4 is 23.6 Å². The van der Waals surface area contributed by atoms with Gasteiger partial charge in [0.2, 0.25) is 5.91 Å².